The molecule has 1 aromatic heterocycles. The van der Waals surface area contributed by atoms with E-state index in [0.29, 0.717) is 11.8 Å². The first-order valence-electron chi connectivity index (χ1n) is 6.48. The maximum absolute atomic E-state index is 11.8. The Bertz CT molecular complexity index is 441. The molecule has 0 N–H and O–H groups in total. The minimum Gasteiger partial charge on any atom is -0.334 e. The number of halogens is 1. The molecule has 0 aliphatic carbocycles. The normalized spacial score (nSPS) is 19.2. The second-order valence-corrected chi connectivity index (χ2v) is 6.48. The minimum absolute atomic E-state index is 0.187. The van der Waals surface area contributed by atoms with Crippen LogP contribution in [0.25, 0.3) is 0 Å². The lowest BCUT2D eigenvalue weighted by Gasteiger charge is -2.38. The van der Waals surface area contributed by atoms with E-state index in [-0.39, 0.29) is 11.9 Å². The summed E-state index contributed by atoms with van der Waals surface area (Å²) in [6, 6.07) is 0.250. The van der Waals surface area contributed by atoms with Crippen molar-refractivity contribution in [1.82, 2.24) is 4.90 Å². The van der Waals surface area contributed by atoms with Crippen molar-refractivity contribution in [3.05, 3.63) is 21.4 Å². The summed E-state index contributed by atoms with van der Waals surface area (Å²) < 4.78 is 0. The Hall–Kier alpha value is -0.540. The summed E-state index contributed by atoms with van der Waals surface area (Å²) in [6.45, 7) is 6.90. The van der Waals surface area contributed by atoms with E-state index >= 15 is 0 Å². The molecule has 1 atom stereocenters. The molecule has 1 amide bonds. The SMILES string of the molecule is CC(=O)N1CCc2c(CCCl)csc2C1C(C)C. The smallest absolute Gasteiger partial charge is 0.220 e. The van der Waals surface area contributed by atoms with Gasteiger partial charge in [-0.05, 0) is 35.3 Å². The summed E-state index contributed by atoms with van der Waals surface area (Å²) in [6.07, 6.45) is 1.92. The predicted octanol–water partition coefficient (Wildman–Crippen LogP) is 3.63. The lowest BCUT2D eigenvalue weighted by Crippen LogP contribution is -2.40. The number of aryl methyl sites for hydroxylation is 1. The van der Waals surface area contributed by atoms with Crippen LogP contribution in [0.5, 0.6) is 0 Å². The number of carbonyl (C=O) groups is 1. The van der Waals surface area contributed by atoms with Gasteiger partial charge in [0.25, 0.3) is 0 Å². The van der Waals surface area contributed by atoms with Crippen LogP contribution >= 0.6 is 22.9 Å². The van der Waals surface area contributed by atoms with Crippen molar-refractivity contribution < 1.29 is 4.79 Å². The molecule has 2 rings (SSSR count). The van der Waals surface area contributed by atoms with E-state index in [9.17, 15) is 4.79 Å². The molecule has 0 bridgehead atoms. The largest absolute Gasteiger partial charge is 0.334 e. The van der Waals surface area contributed by atoms with Crippen molar-refractivity contribution in [2.75, 3.05) is 12.4 Å². The zero-order chi connectivity index (χ0) is 13.3. The minimum atomic E-state index is 0.187. The van der Waals surface area contributed by atoms with Crippen molar-refractivity contribution in [2.24, 2.45) is 5.92 Å². The van der Waals surface area contributed by atoms with Crippen molar-refractivity contribution in [3.63, 3.8) is 0 Å². The van der Waals surface area contributed by atoms with Gasteiger partial charge in [-0.2, -0.15) is 0 Å². The van der Waals surface area contributed by atoms with Gasteiger partial charge >= 0.3 is 0 Å². The molecule has 0 radical (unpaired) electrons. The molecule has 2 heterocycles. The zero-order valence-corrected chi connectivity index (χ0v) is 12.8. The second kappa shape index (κ2) is 5.62. The fraction of sp³-hybridized carbons (Fsp3) is 0.643. The monoisotopic (exact) mass is 285 g/mol. The summed E-state index contributed by atoms with van der Waals surface area (Å²) in [5, 5.41) is 2.23. The van der Waals surface area contributed by atoms with Crippen molar-refractivity contribution in [3.8, 4) is 0 Å². The highest BCUT2D eigenvalue weighted by molar-refractivity contribution is 7.10. The Balaban J connectivity index is 2.38. The van der Waals surface area contributed by atoms with Crippen molar-refractivity contribution in [2.45, 2.75) is 39.7 Å². The van der Waals surface area contributed by atoms with Gasteiger partial charge in [-0.15, -0.1) is 22.9 Å². The average Bonchev–Trinajstić information content (AvgIpc) is 2.71. The number of hydrogen-bond donors (Lipinski definition) is 0. The summed E-state index contributed by atoms with van der Waals surface area (Å²) in [5.74, 6) is 1.31. The maximum Gasteiger partial charge on any atom is 0.220 e. The Morgan fingerprint density at radius 1 is 1.61 bits per heavy atom. The quantitative estimate of drug-likeness (QED) is 0.777. The number of hydrogen-bond acceptors (Lipinski definition) is 2. The molecule has 0 saturated heterocycles. The van der Waals surface area contributed by atoms with Crippen LogP contribution in [-0.4, -0.2) is 23.2 Å². The summed E-state index contributed by atoms with van der Waals surface area (Å²) >= 11 is 7.65. The van der Waals surface area contributed by atoms with Gasteiger partial charge in [-0.1, -0.05) is 13.8 Å². The molecule has 0 aromatic carbocycles. The molecule has 0 fully saturated rings. The number of thiophene rings is 1. The third-order valence-corrected chi connectivity index (χ3v) is 4.95. The Labute approximate surface area is 118 Å². The number of nitrogens with zero attached hydrogens (tertiary/aromatic N) is 1. The number of carbonyl (C=O) groups excluding carboxylic acids is 1. The van der Waals surface area contributed by atoms with Gasteiger partial charge in [0.15, 0.2) is 0 Å². The van der Waals surface area contributed by atoms with Crippen LogP contribution < -0.4 is 0 Å². The second-order valence-electron chi connectivity index (χ2n) is 5.19. The first-order valence-corrected chi connectivity index (χ1v) is 7.90. The van der Waals surface area contributed by atoms with Crippen LogP contribution in [0, 0.1) is 5.92 Å². The average molecular weight is 286 g/mol. The molecule has 100 valence electrons. The molecule has 1 aliphatic rings. The molecule has 1 aliphatic heterocycles. The molecule has 2 nitrogen and oxygen atoms in total. The van der Waals surface area contributed by atoms with Crippen LogP contribution in [0.3, 0.4) is 0 Å². The molecule has 1 aromatic rings. The molecule has 4 heteroatoms. The summed E-state index contributed by atoms with van der Waals surface area (Å²) in [4.78, 5) is 15.2. The Kier molecular flexibility index (Phi) is 4.33. The van der Waals surface area contributed by atoms with Crippen LogP contribution in [-0.2, 0) is 17.6 Å². The van der Waals surface area contributed by atoms with E-state index in [4.69, 9.17) is 11.6 Å². The molecule has 1 unspecified atom stereocenters. The predicted molar refractivity (Wildman–Crippen MR) is 77.4 cm³/mol. The third-order valence-electron chi connectivity index (χ3n) is 3.62. The topological polar surface area (TPSA) is 20.3 Å². The van der Waals surface area contributed by atoms with Crippen LogP contribution in [0.15, 0.2) is 5.38 Å². The summed E-state index contributed by atoms with van der Waals surface area (Å²) in [5.41, 5.74) is 2.84. The molecule has 0 spiro atoms. The van der Waals surface area contributed by atoms with Gasteiger partial charge in [0, 0.05) is 24.2 Å². The van der Waals surface area contributed by atoms with Gasteiger partial charge in [-0.25, -0.2) is 0 Å². The van der Waals surface area contributed by atoms with Crippen molar-refractivity contribution >= 4 is 28.8 Å². The van der Waals surface area contributed by atoms with Gasteiger partial charge in [0.05, 0.1) is 6.04 Å². The highest BCUT2D eigenvalue weighted by atomic mass is 35.5. The van der Waals surface area contributed by atoms with Gasteiger partial charge in [-0.3, -0.25) is 4.79 Å². The molecular weight excluding hydrogens is 266 g/mol. The van der Waals surface area contributed by atoms with E-state index in [1.165, 1.54) is 16.0 Å². The van der Waals surface area contributed by atoms with Crippen LogP contribution in [0.2, 0.25) is 0 Å². The fourth-order valence-corrected chi connectivity index (χ4v) is 4.45. The number of alkyl halides is 1. The van der Waals surface area contributed by atoms with E-state index < -0.39 is 0 Å². The third kappa shape index (κ3) is 2.43. The summed E-state index contributed by atoms with van der Waals surface area (Å²) in [7, 11) is 0. The van der Waals surface area contributed by atoms with E-state index in [2.05, 4.69) is 19.2 Å². The number of rotatable bonds is 3. The van der Waals surface area contributed by atoms with Crippen molar-refractivity contribution in [1.29, 1.82) is 0 Å². The maximum atomic E-state index is 11.8. The highest BCUT2D eigenvalue weighted by Gasteiger charge is 2.33. The number of fused-ring (bicyclic) bond motifs is 1. The number of amides is 1. The van der Waals surface area contributed by atoms with Gasteiger partial charge < -0.3 is 4.90 Å². The van der Waals surface area contributed by atoms with Crippen LogP contribution in [0.1, 0.15) is 42.8 Å². The van der Waals surface area contributed by atoms with Gasteiger partial charge in [0.2, 0.25) is 5.91 Å². The fourth-order valence-electron chi connectivity index (χ4n) is 2.81. The molecular formula is C14H20ClNOS. The van der Waals surface area contributed by atoms with E-state index in [1.54, 1.807) is 18.3 Å². The Morgan fingerprint density at radius 2 is 2.33 bits per heavy atom. The first kappa shape index (κ1) is 13.9. The first-order chi connectivity index (χ1) is 8.56. The standard InChI is InChI=1S/C14H20ClNOS/c1-9(2)13-14-12(5-7-16(13)10(3)17)11(4-6-15)8-18-14/h8-9,13H,4-7H2,1-3H3. The lowest BCUT2D eigenvalue weighted by atomic mass is 9.90. The molecule has 18 heavy (non-hydrogen) atoms. The zero-order valence-electron chi connectivity index (χ0n) is 11.2. The van der Waals surface area contributed by atoms with E-state index in [0.717, 1.165) is 19.4 Å². The van der Waals surface area contributed by atoms with Crippen LogP contribution in [0.4, 0.5) is 0 Å². The molecule has 0 saturated carbocycles. The highest BCUT2D eigenvalue weighted by Crippen LogP contribution is 2.40. The van der Waals surface area contributed by atoms with Gasteiger partial charge in [0.1, 0.15) is 0 Å². The Morgan fingerprint density at radius 3 is 2.89 bits per heavy atom. The lowest BCUT2D eigenvalue weighted by molar-refractivity contribution is -0.132. The van der Waals surface area contributed by atoms with E-state index in [1.807, 2.05) is 4.90 Å².